The summed E-state index contributed by atoms with van der Waals surface area (Å²) in [5.74, 6) is 1.94. The molecule has 2 fully saturated rings. The minimum absolute atomic E-state index is 0.296. The van der Waals surface area contributed by atoms with Crippen molar-refractivity contribution in [2.24, 2.45) is 11.3 Å². The van der Waals surface area contributed by atoms with E-state index in [1.165, 1.54) is 17.5 Å². The van der Waals surface area contributed by atoms with E-state index < -0.39 is 0 Å². The molecular weight excluding hydrogens is 336 g/mol. The van der Waals surface area contributed by atoms with Crippen LogP contribution in [0.4, 0.5) is 0 Å². The van der Waals surface area contributed by atoms with Crippen LogP contribution in [0.2, 0.25) is 0 Å². The first-order valence-electron chi connectivity index (χ1n) is 10.7. The van der Waals surface area contributed by atoms with Crippen molar-refractivity contribution >= 4 is 5.91 Å². The monoisotopic (exact) mass is 370 g/mol. The fourth-order valence-electron chi connectivity index (χ4n) is 5.37. The summed E-state index contributed by atoms with van der Waals surface area (Å²) in [5, 5.41) is 0. The van der Waals surface area contributed by atoms with Crippen LogP contribution in [0, 0.1) is 11.3 Å². The van der Waals surface area contributed by atoms with E-state index in [1.807, 2.05) is 6.92 Å². The highest BCUT2D eigenvalue weighted by Gasteiger charge is 2.45. The van der Waals surface area contributed by atoms with Gasteiger partial charge in [0.25, 0.3) is 0 Å². The molecule has 3 aliphatic rings. The second-order valence-electron chi connectivity index (χ2n) is 9.51. The molecule has 27 heavy (non-hydrogen) atoms. The van der Waals surface area contributed by atoms with Crippen LogP contribution in [0.1, 0.15) is 64.1 Å². The molecule has 0 spiro atoms. The van der Waals surface area contributed by atoms with Crippen molar-refractivity contribution in [1.82, 2.24) is 9.80 Å². The van der Waals surface area contributed by atoms with Crippen molar-refractivity contribution in [3.05, 3.63) is 29.3 Å². The lowest BCUT2D eigenvalue weighted by Crippen LogP contribution is -2.59. The number of carbonyl (C=O) groups excluding carboxylic acids is 1. The predicted molar refractivity (Wildman–Crippen MR) is 108 cm³/mol. The van der Waals surface area contributed by atoms with E-state index in [2.05, 4.69) is 48.8 Å². The van der Waals surface area contributed by atoms with Crippen molar-refractivity contribution in [2.75, 3.05) is 26.2 Å². The van der Waals surface area contributed by atoms with Crippen LogP contribution >= 0.6 is 0 Å². The second kappa shape index (κ2) is 7.12. The van der Waals surface area contributed by atoms with Crippen LogP contribution in [-0.2, 0) is 11.2 Å². The predicted octanol–water partition coefficient (Wildman–Crippen LogP) is 4.04. The number of benzene rings is 1. The Morgan fingerprint density at radius 2 is 2.07 bits per heavy atom. The molecular formula is C23H34N2O2. The molecule has 0 N–H and O–H groups in total. The third kappa shape index (κ3) is 3.49. The SMILES string of the molecule is CCOc1ccc2c(c1)CCN1CC3CCCN(C(=O)C(C)(C)C)C3CC21. The van der Waals surface area contributed by atoms with E-state index in [1.54, 1.807) is 0 Å². The number of hydrogen-bond acceptors (Lipinski definition) is 3. The molecule has 0 aliphatic carbocycles. The van der Waals surface area contributed by atoms with Crippen LogP contribution < -0.4 is 4.74 Å². The van der Waals surface area contributed by atoms with Gasteiger partial charge in [0.2, 0.25) is 5.91 Å². The summed E-state index contributed by atoms with van der Waals surface area (Å²) in [7, 11) is 0. The number of ether oxygens (including phenoxy) is 1. The maximum atomic E-state index is 13.1. The van der Waals surface area contributed by atoms with Gasteiger partial charge in [0.15, 0.2) is 0 Å². The first-order chi connectivity index (χ1) is 12.9. The summed E-state index contributed by atoms with van der Waals surface area (Å²) in [5.41, 5.74) is 2.60. The summed E-state index contributed by atoms with van der Waals surface area (Å²) >= 11 is 0. The zero-order valence-corrected chi connectivity index (χ0v) is 17.3. The van der Waals surface area contributed by atoms with Crippen LogP contribution in [0.3, 0.4) is 0 Å². The third-order valence-electron chi connectivity index (χ3n) is 6.65. The van der Waals surface area contributed by atoms with E-state index in [9.17, 15) is 4.79 Å². The summed E-state index contributed by atoms with van der Waals surface area (Å²) in [6.45, 7) is 12.1. The Morgan fingerprint density at radius 3 is 2.81 bits per heavy atom. The number of rotatable bonds is 2. The number of piperidine rings is 2. The van der Waals surface area contributed by atoms with Gasteiger partial charge in [-0.2, -0.15) is 0 Å². The Balaban J connectivity index is 1.60. The van der Waals surface area contributed by atoms with Crippen molar-refractivity contribution in [3.8, 4) is 5.75 Å². The molecule has 0 radical (unpaired) electrons. The lowest BCUT2D eigenvalue weighted by atomic mass is 9.76. The van der Waals surface area contributed by atoms with Gasteiger partial charge in [-0.1, -0.05) is 26.8 Å². The maximum Gasteiger partial charge on any atom is 0.228 e. The average molecular weight is 371 g/mol. The van der Waals surface area contributed by atoms with Gasteiger partial charge >= 0.3 is 0 Å². The highest BCUT2D eigenvalue weighted by molar-refractivity contribution is 5.82. The van der Waals surface area contributed by atoms with Crippen molar-refractivity contribution in [1.29, 1.82) is 0 Å². The van der Waals surface area contributed by atoms with Crippen LogP contribution in [-0.4, -0.2) is 48.0 Å². The summed E-state index contributed by atoms with van der Waals surface area (Å²) in [4.78, 5) is 18.0. The first kappa shape index (κ1) is 18.8. The van der Waals surface area contributed by atoms with Gasteiger partial charge in [-0.25, -0.2) is 0 Å². The largest absolute Gasteiger partial charge is 0.494 e. The van der Waals surface area contributed by atoms with E-state index >= 15 is 0 Å². The normalized spacial score (nSPS) is 28.1. The quantitative estimate of drug-likeness (QED) is 0.788. The van der Waals surface area contributed by atoms with Crippen LogP contribution in [0.5, 0.6) is 5.75 Å². The lowest BCUT2D eigenvalue weighted by Gasteiger charge is -2.53. The van der Waals surface area contributed by atoms with E-state index in [0.717, 1.165) is 44.6 Å². The zero-order valence-electron chi connectivity index (χ0n) is 17.3. The van der Waals surface area contributed by atoms with Crippen LogP contribution in [0.15, 0.2) is 18.2 Å². The number of likely N-dealkylation sites (tertiary alicyclic amines) is 1. The number of amides is 1. The molecule has 2 saturated heterocycles. The minimum atomic E-state index is -0.296. The smallest absolute Gasteiger partial charge is 0.228 e. The van der Waals surface area contributed by atoms with Crippen molar-refractivity contribution < 1.29 is 9.53 Å². The topological polar surface area (TPSA) is 32.8 Å². The van der Waals surface area contributed by atoms with Gasteiger partial charge in [0, 0.05) is 37.1 Å². The van der Waals surface area contributed by atoms with E-state index in [0.29, 0.717) is 30.5 Å². The number of nitrogens with zero attached hydrogens (tertiary/aromatic N) is 2. The van der Waals surface area contributed by atoms with E-state index in [-0.39, 0.29) is 5.41 Å². The van der Waals surface area contributed by atoms with Crippen LogP contribution in [0.25, 0.3) is 0 Å². The molecule has 1 amide bonds. The minimum Gasteiger partial charge on any atom is -0.494 e. The Kier molecular flexibility index (Phi) is 4.96. The molecule has 0 bridgehead atoms. The molecule has 0 aromatic heterocycles. The lowest BCUT2D eigenvalue weighted by molar-refractivity contribution is -0.148. The molecule has 4 heteroatoms. The fraction of sp³-hybridized carbons (Fsp3) is 0.696. The molecule has 3 aliphatic heterocycles. The second-order valence-corrected chi connectivity index (χ2v) is 9.51. The van der Waals surface area contributed by atoms with Gasteiger partial charge in [0.05, 0.1) is 6.61 Å². The van der Waals surface area contributed by atoms with Crippen molar-refractivity contribution in [2.45, 2.75) is 65.5 Å². The Bertz CT molecular complexity index is 709. The molecule has 1 aromatic carbocycles. The average Bonchev–Trinajstić information content (AvgIpc) is 2.64. The van der Waals surface area contributed by atoms with Gasteiger partial charge in [0.1, 0.15) is 5.75 Å². The van der Waals surface area contributed by atoms with E-state index in [4.69, 9.17) is 4.74 Å². The van der Waals surface area contributed by atoms with Crippen molar-refractivity contribution in [3.63, 3.8) is 0 Å². The first-order valence-corrected chi connectivity index (χ1v) is 10.7. The molecule has 148 valence electrons. The molecule has 4 rings (SSSR count). The van der Waals surface area contributed by atoms with Gasteiger partial charge in [-0.3, -0.25) is 9.69 Å². The summed E-state index contributed by atoms with van der Waals surface area (Å²) in [6, 6.07) is 7.47. The number of fused-ring (bicyclic) bond motifs is 4. The van der Waals surface area contributed by atoms with Gasteiger partial charge in [-0.05, 0) is 61.8 Å². The number of carbonyl (C=O) groups is 1. The summed E-state index contributed by atoms with van der Waals surface area (Å²) in [6.07, 6.45) is 4.59. The molecule has 3 heterocycles. The third-order valence-corrected chi connectivity index (χ3v) is 6.65. The highest BCUT2D eigenvalue weighted by Crippen LogP contribution is 2.44. The van der Waals surface area contributed by atoms with Gasteiger partial charge < -0.3 is 9.64 Å². The molecule has 0 saturated carbocycles. The Hall–Kier alpha value is -1.55. The zero-order chi connectivity index (χ0) is 19.2. The standard InChI is InChI=1S/C23H34N2O2/c1-5-27-18-8-9-19-16(13-18)10-12-24-15-17-7-6-11-25(20(17)14-21(19)24)22(26)23(2,3)4/h8-9,13,17,20-21H,5-7,10-12,14-15H2,1-4H3. The molecule has 4 nitrogen and oxygen atoms in total. The maximum absolute atomic E-state index is 13.1. The molecule has 1 aromatic rings. The number of hydrogen-bond donors (Lipinski definition) is 0. The molecule has 3 unspecified atom stereocenters. The summed E-state index contributed by atoms with van der Waals surface area (Å²) < 4.78 is 5.71. The molecule has 3 atom stereocenters. The Labute approximate surface area is 163 Å². The Morgan fingerprint density at radius 1 is 1.26 bits per heavy atom. The fourth-order valence-corrected chi connectivity index (χ4v) is 5.37. The van der Waals surface area contributed by atoms with Gasteiger partial charge in [-0.15, -0.1) is 0 Å². The highest BCUT2D eigenvalue weighted by atomic mass is 16.5.